The molecule has 0 bridgehead atoms. The minimum absolute atomic E-state index is 0.272. The molecule has 1 aromatic rings. The van der Waals surface area contributed by atoms with Gasteiger partial charge in [-0.05, 0) is 23.5 Å². The highest BCUT2D eigenvalue weighted by Gasteiger charge is 2.16. The standard InChI is InChI=1S/C10H15N/c1-4-10(2,3)9-6-5-7-11-8-9/h5-8H,4H2,1-3H3. The Morgan fingerprint density at radius 3 is 2.64 bits per heavy atom. The maximum absolute atomic E-state index is 4.10. The molecule has 11 heavy (non-hydrogen) atoms. The molecule has 60 valence electrons. The maximum Gasteiger partial charge on any atom is 0.0305 e. The zero-order chi connectivity index (χ0) is 8.32. The summed E-state index contributed by atoms with van der Waals surface area (Å²) in [6.45, 7) is 6.68. The van der Waals surface area contributed by atoms with Gasteiger partial charge < -0.3 is 0 Å². The molecule has 1 heterocycles. The molecule has 0 unspecified atom stereocenters. The lowest BCUT2D eigenvalue weighted by atomic mass is 9.83. The molecule has 0 radical (unpaired) electrons. The van der Waals surface area contributed by atoms with Crippen LogP contribution in [0.15, 0.2) is 24.5 Å². The third-order valence-electron chi connectivity index (χ3n) is 2.33. The number of hydrogen-bond acceptors (Lipinski definition) is 1. The molecule has 1 aromatic heterocycles. The first-order valence-electron chi connectivity index (χ1n) is 4.07. The Hall–Kier alpha value is -0.850. The monoisotopic (exact) mass is 149 g/mol. The van der Waals surface area contributed by atoms with Gasteiger partial charge in [-0.25, -0.2) is 0 Å². The fourth-order valence-corrected chi connectivity index (χ4v) is 0.967. The second-order valence-electron chi connectivity index (χ2n) is 3.48. The highest BCUT2D eigenvalue weighted by Crippen LogP contribution is 2.24. The fraction of sp³-hybridized carbons (Fsp3) is 0.500. The average Bonchev–Trinajstić information content (AvgIpc) is 2.06. The molecule has 0 spiro atoms. The van der Waals surface area contributed by atoms with Crippen LogP contribution in [0.2, 0.25) is 0 Å². The van der Waals surface area contributed by atoms with Crippen molar-refractivity contribution in [3.8, 4) is 0 Å². The normalized spacial score (nSPS) is 11.5. The van der Waals surface area contributed by atoms with Crippen LogP contribution in [-0.4, -0.2) is 4.98 Å². The Bertz CT molecular complexity index is 214. The Balaban J connectivity index is 2.93. The minimum atomic E-state index is 0.272. The second kappa shape index (κ2) is 3.04. The van der Waals surface area contributed by atoms with E-state index in [0.717, 1.165) is 6.42 Å². The van der Waals surface area contributed by atoms with E-state index in [1.165, 1.54) is 5.56 Å². The lowest BCUT2D eigenvalue weighted by Gasteiger charge is -2.22. The zero-order valence-electron chi connectivity index (χ0n) is 7.46. The third-order valence-corrected chi connectivity index (χ3v) is 2.33. The van der Waals surface area contributed by atoms with Crippen LogP contribution < -0.4 is 0 Å². The molecule has 1 rings (SSSR count). The third kappa shape index (κ3) is 1.79. The van der Waals surface area contributed by atoms with Crippen molar-refractivity contribution in [3.63, 3.8) is 0 Å². The number of rotatable bonds is 2. The van der Waals surface area contributed by atoms with Crippen LogP contribution >= 0.6 is 0 Å². The molecule has 1 nitrogen and oxygen atoms in total. The first-order valence-corrected chi connectivity index (χ1v) is 4.07. The molecule has 0 fully saturated rings. The predicted octanol–water partition coefficient (Wildman–Crippen LogP) is 2.77. The van der Waals surface area contributed by atoms with E-state index in [1.54, 1.807) is 0 Å². The van der Waals surface area contributed by atoms with Gasteiger partial charge in [-0.3, -0.25) is 4.98 Å². The molecule has 0 amide bonds. The SMILES string of the molecule is CCC(C)(C)c1cccnc1. The average molecular weight is 149 g/mol. The summed E-state index contributed by atoms with van der Waals surface area (Å²) in [5.74, 6) is 0. The first-order chi connectivity index (χ1) is 5.17. The lowest BCUT2D eigenvalue weighted by molar-refractivity contribution is 0.504. The predicted molar refractivity (Wildman–Crippen MR) is 47.6 cm³/mol. The van der Waals surface area contributed by atoms with Crippen LogP contribution in [0.3, 0.4) is 0 Å². The van der Waals surface area contributed by atoms with Crippen molar-refractivity contribution in [1.82, 2.24) is 4.98 Å². The Morgan fingerprint density at radius 2 is 2.18 bits per heavy atom. The van der Waals surface area contributed by atoms with Crippen molar-refractivity contribution in [1.29, 1.82) is 0 Å². The molecular weight excluding hydrogens is 134 g/mol. The van der Waals surface area contributed by atoms with Crippen molar-refractivity contribution < 1.29 is 0 Å². The molecule has 0 N–H and O–H groups in total. The summed E-state index contributed by atoms with van der Waals surface area (Å²) >= 11 is 0. The van der Waals surface area contributed by atoms with E-state index in [4.69, 9.17) is 0 Å². The number of aromatic nitrogens is 1. The largest absolute Gasteiger partial charge is 0.264 e. The Labute approximate surface area is 68.5 Å². The van der Waals surface area contributed by atoms with Crippen LogP contribution in [-0.2, 0) is 5.41 Å². The fourth-order valence-electron chi connectivity index (χ4n) is 0.967. The highest BCUT2D eigenvalue weighted by atomic mass is 14.6. The summed E-state index contributed by atoms with van der Waals surface area (Å²) in [4.78, 5) is 4.10. The van der Waals surface area contributed by atoms with Crippen LogP contribution in [0.5, 0.6) is 0 Å². The summed E-state index contributed by atoms with van der Waals surface area (Å²) in [5, 5.41) is 0. The van der Waals surface area contributed by atoms with Gasteiger partial charge in [0.15, 0.2) is 0 Å². The number of pyridine rings is 1. The van der Waals surface area contributed by atoms with Gasteiger partial charge in [0.25, 0.3) is 0 Å². The van der Waals surface area contributed by atoms with Gasteiger partial charge in [0.05, 0.1) is 0 Å². The topological polar surface area (TPSA) is 12.9 Å². The lowest BCUT2D eigenvalue weighted by Crippen LogP contribution is -2.15. The Kier molecular flexibility index (Phi) is 2.28. The first kappa shape index (κ1) is 8.25. The summed E-state index contributed by atoms with van der Waals surface area (Å²) in [7, 11) is 0. The van der Waals surface area contributed by atoms with Gasteiger partial charge in [-0.2, -0.15) is 0 Å². The molecule has 0 aliphatic rings. The second-order valence-corrected chi connectivity index (χ2v) is 3.48. The molecule has 0 saturated heterocycles. The van der Waals surface area contributed by atoms with Crippen LogP contribution in [0.25, 0.3) is 0 Å². The molecule has 1 heteroatoms. The molecule has 0 atom stereocenters. The number of hydrogen-bond donors (Lipinski definition) is 0. The van der Waals surface area contributed by atoms with Crippen molar-refractivity contribution in [2.45, 2.75) is 32.6 Å². The molecule has 0 aliphatic carbocycles. The van der Waals surface area contributed by atoms with Crippen LogP contribution in [0, 0.1) is 0 Å². The van der Waals surface area contributed by atoms with Gasteiger partial charge in [-0.15, -0.1) is 0 Å². The van der Waals surface area contributed by atoms with Crippen molar-refractivity contribution in [2.24, 2.45) is 0 Å². The molecule has 0 aliphatic heterocycles. The number of nitrogens with zero attached hydrogens (tertiary/aromatic N) is 1. The van der Waals surface area contributed by atoms with Crippen molar-refractivity contribution >= 4 is 0 Å². The molecule has 0 aromatic carbocycles. The quantitative estimate of drug-likeness (QED) is 0.630. The van der Waals surface area contributed by atoms with Gasteiger partial charge in [0.1, 0.15) is 0 Å². The van der Waals surface area contributed by atoms with E-state index in [0.29, 0.717) is 0 Å². The van der Waals surface area contributed by atoms with Gasteiger partial charge in [-0.1, -0.05) is 26.8 Å². The van der Waals surface area contributed by atoms with Crippen molar-refractivity contribution in [3.05, 3.63) is 30.1 Å². The maximum atomic E-state index is 4.10. The van der Waals surface area contributed by atoms with E-state index in [-0.39, 0.29) is 5.41 Å². The van der Waals surface area contributed by atoms with Crippen LogP contribution in [0.1, 0.15) is 32.8 Å². The highest BCUT2D eigenvalue weighted by molar-refractivity contribution is 5.18. The Morgan fingerprint density at radius 1 is 1.45 bits per heavy atom. The smallest absolute Gasteiger partial charge is 0.0305 e. The van der Waals surface area contributed by atoms with E-state index in [9.17, 15) is 0 Å². The van der Waals surface area contributed by atoms with E-state index in [1.807, 2.05) is 18.5 Å². The summed E-state index contributed by atoms with van der Waals surface area (Å²) in [5.41, 5.74) is 1.59. The summed E-state index contributed by atoms with van der Waals surface area (Å²) in [6, 6.07) is 4.13. The van der Waals surface area contributed by atoms with Gasteiger partial charge in [0, 0.05) is 12.4 Å². The minimum Gasteiger partial charge on any atom is -0.264 e. The van der Waals surface area contributed by atoms with Gasteiger partial charge >= 0.3 is 0 Å². The van der Waals surface area contributed by atoms with Crippen LogP contribution in [0.4, 0.5) is 0 Å². The zero-order valence-corrected chi connectivity index (χ0v) is 7.46. The molecule has 0 saturated carbocycles. The van der Waals surface area contributed by atoms with E-state index in [2.05, 4.69) is 31.8 Å². The molecular formula is C10H15N. The van der Waals surface area contributed by atoms with Gasteiger partial charge in [0.2, 0.25) is 0 Å². The van der Waals surface area contributed by atoms with E-state index >= 15 is 0 Å². The van der Waals surface area contributed by atoms with E-state index < -0.39 is 0 Å². The van der Waals surface area contributed by atoms with Crippen molar-refractivity contribution in [2.75, 3.05) is 0 Å². The summed E-state index contributed by atoms with van der Waals surface area (Å²) in [6.07, 6.45) is 4.91. The summed E-state index contributed by atoms with van der Waals surface area (Å²) < 4.78 is 0.